The number of rotatable bonds is 2. The molecule has 0 fully saturated rings. The number of benzene rings is 2. The predicted octanol–water partition coefficient (Wildman–Crippen LogP) is 2.95. The smallest absolute Gasteiger partial charge is 0.201 e. The topological polar surface area (TPSA) is 82.7 Å². The zero-order chi connectivity index (χ0) is 14.1. The Morgan fingerprint density at radius 3 is 2.35 bits per heavy atom. The summed E-state index contributed by atoms with van der Waals surface area (Å²) in [5.74, 6) is 0.446. The van der Waals surface area contributed by atoms with Gasteiger partial charge in [0.15, 0.2) is 5.43 Å². The molecule has 0 aliphatic carbocycles. The standard InChI is InChI=1S/C15H11NO4/c17-10-3-1-9(2-4-10)16-15-8-13(19)12-6-5-11(18)7-14(12)20-15/h1-8,16-18H. The van der Waals surface area contributed by atoms with E-state index < -0.39 is 0 Å². The van der Waals surface area contributed by atoms with E-state index in [4.69, 9.17) is 4.42 Å². The first kappa shape index (κ1) is 12.1. The summed E-state index contributed by atoms with van der Waals surface area (Å²) in [6.07, 6.45) is 0. The first-order valence-corrected chi connectivity index (χ1v) is 5.95. The molecular weight excluding hydrogens is 258 g/mol. The molecule has 0 unspecified atom stereocenters. The van der Waals surface area contributed by atoms with Crippen LogP contribution in [0.1, 0.15) is 0 Å². The molecule has 0 saturated carbocycles. The van der Waals surface area contributed by atoms with Gasteiger partial charge in [-0.05, 0) is 36.4 Å². The van der Waals surface area contributed by atoms with Crippen molar-refractivity contribution >= 4 is 22.5 Å². The Morgan fingerprint density at radius 2 is 1.60 bits per heavy atom. The van der Waals surface area contributed by atoms with E-state index in [0.717, 1.165) is 0 Å². The maximum absolute atomic E-state index is 11.9. The fourth-order valence-corrected chi connectivity index (χ4v) is 1.89. The molecule has 3 rings (SSSR count). The number of anilines is 2. The van der Waals surface area contributed by atoms with Crippen LogP contribution in [0.5, 0.6) is 11.5 Å². The van der Waals surface area contributed by atoms with Crippen LogP contribution in [0.25, 0.3) is 11.0 Å². The summed E-state index contributed by atoms with van der Waals surface area (Å²) in [4.78, 5) is 11.9. The van der Waals surface area contributed by atoms with Gasteiger partial charge in [0.05, 0.1) is 5.39 Å². The summed E-state index contributed by atoms with van der Waals surface area (Å²) >= 11 is 0. The second-order valence-corrected chi connectivity index (χ2v) is 4.33. The Kier molecular flexibility index (Phi) is 2.80. The molecule has 2 aromatic carbocycles. The summed E-state index contributed by atoms with van der Waals surface area (Å²) in [7, 11) is 0. The molecule has 0 atom stereocenters. The summed E-state index contributed by atoms with van der Waals surface area (Å²) < 4.78 is 5.52. The van der Waals surface area contributed by atoms with Crippen molar-refractivity contribution in [1.82, 2.24) is 0 Å². The minimum Gasteiger partial charge on any atom is -0.508 e. The number of nitrogens with one attached hydrogen (secondary N) is 1. The third kappa shape index (κ3) is 2.29. The van der Waals surface area contributed by atoms with Crippen LogP contribution < -0.4 is 10.7 Å². The summed E-state index contributed by atoms with van der Waals surface area (Å²) in [5, 5.41) is 22.0. The van der Waals surface area contributed by atoms with E-state index in [2.05, 4.69) is 5.32 Å². The normalized spacial score (nSPS) is 10.6. The van der Waals surface area contributed by atoms with Gasteiger partial charge >= 0.3 is 0 Å². The van der Waals surface area contributed by atoms with Gasteiger partial charge in [-0.2, -0.15) is 0 Å². The highest BCUT2D eigenvalue weighted by Crippen LogP contribution is 2.23. The van der Waals surface area contributed by atoms with E-state index in [9.17, 15) is 15.0 Å². The Balaban J connectivity index is 2.04. The molecule has 0 radical (unpaired) electrons. The summed E-state index contributed by atoms with van der Waals surface area (Å²) in [6.45, 7) is 0. The largest absolute Gasteiger partial charge is 0.508 e. The third-order valence-corrected chi connectivity index (χ3v) is 2.85. The van der Waals surface area contributed by atoms with Gasteiger partial charge < -0.3 is 19.9 Å². The van der Waals surface area contributed by atoms with Crippen LogP contribution in [-0.2, 0) is 0 Å². The van der Waals surface area contributed by atoms with E-state index in [1.165, 1.54) is 36.4 Å². The number of hydrogen-bond donors (Lipinski definition) is 3. The van der Waals surface area contributed by atoms with Gasteiger partial charge in [-0.15, -0.1) is 0 Å². The van der Waals surface area contributed by atoms with Gasteiger partial charge in [-0.3, -0.25) is 4.79 Å². The monoisotopic (exact) mass is 269 g/mol. The molecule has 5 heteroatoms. The highest BCUT2D eigenvalue weighted by atomic mass is 16.3. The Hall–Kier alpha value is -2.95. The molecule has 100 valence electrons. The van der Waals surface area contributed by atoms with Crippen molar-refractivity contribution < 1.29 is 14.6 Å². The van der Waals surface area contributed by atoms with Crippen LogP contribution in [-0.4, -0.2) is 10.2 Å². The molecule has 0 saturated heterocycles. The fraction of sp³-hybridized carbons (Fsp3) is 0. The summed E-state index contributed by atoms with van der Waals surface area (Å²) in [5.41, 5.74) is 0.775. The van der Waals surface area contributed by atoms with Crippen molar-refractivity contribution in [3.05, 3.63) is 58.8 Å². The van der Waals surface area contributed by atoms with Crippen molar-refractivity contribution in [3.63, 3.8) is 0 Å². The molecule has 20 heavy (non-hydrogen) atoms. The lowest BCUT2D eigenvalue weighted by Gasteiger charge is -2.06. The molecule has 0 bridgehead atoms. The highest BCUT2D eigenvalue weighted by molar-refractivity contribution is 5.79. The van der Waals surface area contributed by atoms with E-state index >= 15 is 0 Å². The maximum atomic E-state index is 11.9. The second kappa shape index (κ2) is 4.62. The first-order valence-electron chi connectivity index (χ1n) is 5.95. The van der Waals surface area contributed by atoms with Gasteiger partial charge in [0.25, 0.3) is 0 Å². The number of aromatic hydroxyl groups is 2. The van der Waals surface area contributed by atoms with E-state index in [-0.39, 0.29) is 22.8 Å². The first-order chi connectivity index (χ1) is 9.61. The highest BCUT2D eigenvalue weighted by Gasteiger charge is 2.06. The Labute approximate surface area is 113 Å². The molecule has 1 heterocycles. The molecule has 3 N–H and O–H groups in total. The van der Waals surface area contributed by atoms with Gasteiger partial charge in [0, 0.05) is 17.8 Å². The zero-order valence-corrected chi connectivity index (χ0v) is 10.3. The minimum atomic E-state index is -0.201. The van der Waals surface area contributed by atoms with Gasteiger partial charge in [0.1, 0.15) is 17.1 Å². The van der Waals surface area contributed by atoms with E-state index in [0.29, 0.717) is 16.7 Å². The van der Waals surface area contributed by atoms with Crippen LogP contribution >= 0.6 is 0 Å². The maximum Gasteiger partial charge on any atom is 0.201 e. The molecule has 5 nitrogen and oxygen atoms in total. The predicted molar refractivity (Wildman–Crippen MR) is 75.5 cm³/mol. The lowest BCUT2D eigenvalue weighted by molar-refractivity contribution is 0.474. The lowest BCUT2D eigenvalue weighted by atomic mass is 10.2. The van der Waals surface area contributed by atoms with Gasteiger partial charge in [0.2, 0.25) is 5.88 Å². The van der Waals surface area contributed by atoms with Crippen molar-refractivity contribution in [3.8, 4) is 11.5 Å². The molecule has 0 aliphatic heterocycles. The average Bonchev–Trinajstić information content (AvgIpc) is 2.41. The number of hydrogen-bond acceptors (Lipinski definition) is 5. The molecule has 1 aromatic heterocycles. The number of fused-ring (bicyclic) bond motifs is 1. The van der Waals surface area contributed by atoms with Crippen molar-refractivity contribution in [2.75, 3.05) is 5.32 Å². The Bertz CT molecular complexity index is 821. The Morgan fingerprint density at radius 1 is 0.900 bits per heavy atom. The molecule has 0 spiro atoms. The quantitative estimate of drug-likeness (QED) is 0.623. The van der Waals surface area contributed by atoms with Crippen LogP contribution in [0.2, 0.25) is 0 Å². The number of phenolic OH excluding ortho intramolecular Hbond substituents is 2. The summed E-state index contributed by atoms with van der Waals surface area (Å²) in [6, 6.07) is 12.0. The third-order valence-electron chi connectivity index (χ3n) is 2.85. The molecule has 0 amide bonds. The van der Waals surface area contributed by atoms with Crippen molar-refractivity contribution in [2.24, 2.45) is 0 Å². The van der Waals surface area contributed by atoms with E-state index in [1.54, 1.807) is 12.1 Å². The second-order valence-electron chi connectivity index (χ2n) is 4.33. The van der Waals surface area contributed by atoms with Gasteiger partial charge in [-0.1, -0.05) is 0 Å². The lowest BCUT2D eigenvalue weighted by Crippen LogP contribution is -2.02. The van der Waals surface area contributed by atoms with Crippen molar-refractivity contribution in [1.29, 1.82) is 0 Å². The SMILES string of the molecule is O=c1cc(Nc2ccc(O)cc2)oc2cc(O)ccc12. The zero-order valence-electron chi connectivity index (χ0n) is 10.3. The van der Waals surface area contributed by atoms with Crippen LogP contribution in [0, 0.1) is 0 Å². The van der Waals surface area contributed by atoms with Crippen LogP contribution in [0.3, 0.4) is 0 Å². The number of phenols is 2. The fourth-order valence-electron chi connectivity index (χ4n) is 1.89. The van der Waals surface area contributed by atoms with Crippen molar-refractivity contribution in [2.45, 2.75) is 0 Å². The minimum absolute atomic E-state index is 0.0300. The van der Waals surface area contributed by atoms with Crippen LogP contribution in [0.15, 0.2) is 57.7 Å². The average molecular weight is 269 g/mol. The molecule has 0 aliphatic rings. The van der Waals surface area contributed by atoms with E-state index in [1.807, 2.05) is 0 Å². The molecular formula is C15H11NO4. The van der Waals surface area contributed by atoms with Crippen LogP contribution in [0.4, 0.5) is 11.6 Å². The van der Waals surface area contributed by atoms with Gasteiger partial charge in [-0.25, -0.2) is 0 Å². The molecule has 3 aromatic rings.